The van der Waals surface area contributed by atoms with Crippen molar-refractivity contribution in [2.45, 2.75) is 27.3 Å². The van der Waals surface area contributed by atoms with Gasteiger partial charge in [-0.15, -0.1) is 0 Å². The Morgan fingerprint density at radius 2 is 1.61 bits per heavy atom. The fraction of sp³-hybridized carbons (Fsp3) is 0.250. The molecule has 94 valence electrons. The van der Waals surface area contributed by atoms with Crippen molar-refractivity contribution in [2.75, 3.05) is 0 Å². The van der Waals surface area contributed by atoms with E-state index in [1.165, 1.54) is 11.1 Å². The maximum Gasteiger partial charge on any atom is 0.130 e. The molecule has 0 amide bonds. The Kier molecular flexibility index (Phi) is 3.68. The van der Waals surface area contributed by atoms with Crippen LogP contribution in [0.4, 0.5) is 0 Å². The molecule has 2 aromatic rings. The number of benzene rings is 2. The molecule has 0 spiro atoms. The largest absolute Gasteiger partial charge is 0.457 e. The molecule has 0 saturated heterocycles. The Morgan fingerprint density at radius 3 is 2.28 bits per heavy atom. The molecule has 2 N–H and O–H groups in total. The van der Waals surface area contributed by atoms with E-state index in [2.05, 4.69) is 26.0 Å². The number of rotatable bonds is 3. The zero-order valence-corrected chi connectivity index (χ0v) is 11.2. The normalized spacial score (nSPS) is 10.4. The molecule has 0 radical (unpaired) electrons. The van der Waals surface area contributed by atoms with Crippen molar-refractivity contribution in [2.24, 2.45) is 5.73 Å². The van der Waals surface area contributed by atoms with E-state index in [1.807, 2.05) is 31.2 Å². The molecule has 0 fully saturated rings. The highest BCUT2D eigenvalue weighted by Crippen LogP contribution is 2.27. The van der Waals surface area contributed by atoms with Gasteiger partial charge in [-0.25, -0.2) is 0 Å². The van der Waals surface area contributed by atoms with Crippen LogP contribution in [0.3, 0.4) is 0 Å². The monoisotopic (exact) mass is 241 g/mol. The van der Waals surface area contributed by atoms with Crippen LogP contribution in [0.25, 0.3) is 0 Å². The highest BCUT2D eigenvalue weighted by atomic mass is 16.5. The topological polar surface area (TPSA) is 35.2 Å². The van der Waals surface area contributed by atoms with Crippen LogP contribution in [0.15, 0.2) is 36.4 Å². The van der Waals surface area contributed by atoms with E-state index in [0.29, 0.717) is 6.54 Å². The minimum absolute atomic E-state index is 0.531. The zero-order valence-electron chi connectivity index (χ0n) is 11.2. The Morgan fingerprint density at radius 1 is 0.889 bits per heavy atom. The van der Waals surface area contributed by atoms with Crippen molar-refractivity contribution < 1.29 is 4.74 Å². The molecule has 0 heterocycles. The molecule has 0 atom stereocenters. The van der Waals surface area contributed by atoms with Crippen LogP contribution in [0.1, 0.15) is 22.3 Å². The van der Waals surface area contributed by atoms with E-state index in [-0.39, 0.29) is 0 Å². The second-order valence-corrected chi connectivity index (χ2v) is 4.65. The highest BCUT2D eigenvalue weighted by Gasteiger charge is 2.04. The molecule has 0 aliphatic rings. The highest BCUT2D eigenvalue weighted by molar-refractivity contribution is 5.42. The van der Waals surface area contributed by atoms with E-state index in [1.54, 1.807) is 0 Å². The van der Waals surface area contributed by atoms with Crippen LogP contribution < -0.4 is 10.5 Å². The van der Waals surface area contributed by atoms with Crippen LogP contribution in [0, 0.1) is 20.8 Å². The van der Waals surface area contributed by atoms with Crippen LogP contribution in [-0.2, 0) is 6.54 Å². The summed E-state index contributed by atoms with van der Waals surface area (Å²) in [6, 6.07) is 12.2. The van der Waals surface area contributed by atoms with Crippen LogP contribution in [0.5, 0.6) is 11.5 Å². The summed E-state index contributed by atoms with van der Waals surface area (Å²) in [6.45, 7) is 6.75. The summed E-state index contributed by atoms with van der Waals surface area (Å²) in [5.74, 6) is 1.75. The van der Waals surface area contributed by atoms with E-state index >= 15 is 0 Å². The second-order valence-electron chi connectivity index (χ2n) is 4.65. The Bertz CT molecular complexity index is 561. The van der Waals surface area contributed by atoms with Crippen molar-refractivity contribution >= 4 is 0 Å². The van der Waals surface area contributed by atoms with Crippen molar-refractivity contribution in [3.8, 4) is 11.5 Å². The van der Waals surface area contributed by atoms with E-state index in [0.717, 1.165) is 22.6 Å². The van der Waals surface area contributed by atoms with Crippen molar-refractivity contribution in [3.05, 3.63) is 58.7 Å². The molecular formula is C16H19NO. The van der Waals surface area contributed by atoms with E-state index in [4.69, 9.17) is 10.5 Å². The van der Waals surface area contributed by atoms with Gasteiger partial charge in [0.1, 0.15) is 11.5 Å². The summed E-state index contributed by atoms with van der Waals surface area (Å²) in [6.07, 6.45) is 0. The van der Waals surface area contributed by atoms with Gasteiger partial charge in [0.25, 0.3) is 0 Å². The van der Waals surface area contributed by atoms with Crippen LogP contribution in [-0.4, -0.2) is 0 Å². The Labute approximate surface area is 108 Å². The lowest BCUT2D eigenvalue weighted by atomic mass is 10.1. The van der Waals surface area contributed by atoms with Crippen LogP contribution >= 0.6 is 0 Å². The summed E-state index contributed by atoms with van der Waals surface area (Å²) < 4.78 is 5.93. The predicted molar refractivity (Wildman–Crippen MR) is 75.1 cm³/mol. The Hall–Kier alpha value is -1.80. The van der Waals surface area contributed by atoms with Gasteiger partial charge in [0, 0.05) is 6.54 Å². The lowest BCUT2D eigenvalue weighted by molar-refractivity contribution is 0.477. The minimum atomic E-state index is 0.531. The lowest BCUT2D eigenvalue weighted by Crippen LogP contribution is -1.97. The average Bonchev–Trinajstić information content (AvgIpc) is 2.36. The molecular weight excluding hydrogens is 222 g/mol. The summed E-state index contributed by atoms with van der Waals surface area (Å²) in [5.41, 5.74) is 10.4. The van der Waals surface area contributed by atoms with Gasteiger partial charge < -0.3 is 10.5 Å². The molecule has 2 rings (SSSR count). The molecule has 2 heteroatoms. The fourth-order valence-electron chi connectivity index (χ4n) is 1.79. The molecule has 18 heavy (non-hydrogen) atoms. The first-order chi connectivity index (χ1) is 8.60. The molecule has 0 bridgehead atoms. The fourth-order valence-corrected chi connectivity index (χ4v) is 1.79. The second kappa shape index (κ2) is 5.23. The third-order valence-electron chi connectivity index (χ3n) is 3.19. The van der Waals surface area contributed by atoms with Gasteiger partial charge in [-0.1, -0.05) is 18.2 Å². The number of hydrogen-bond donors (Lipinski definition) is 1. The number of hydrogen-bond acceptors (Lipinski definition) is 2. The quantitative estimate of drug-likeness (QED) is 0.885. The smallest absolute Gasteiger partial charge is 0.130 e. The van der Waals surface area contributed by atoms with Gasteiger partial charge in [-0.05, 0) is 61.2 Å². The summed E-state index contributed by atoms with van der Waals surface area (Å²) in [7, 11) is 0. The van der Waals surface area contributed by atoms with Crippen LogP contribution in [0.2, 0.25) is 0 Å². The van der Waals surface area contributed by atoms with E-state index in [9.17, 15) is 0 Å². The zero-order chi connectivity index (χ0) is 13.1. The maximum absolute atomic E-state index is 5.93. The minimum Gasteiger partial charge on any atom is -0.457 e. The predicted octanol–water partition coefficient (Wildman–Crippen LogP) is 3.86. The van der Waals surface area contributed by atoms with Gasteiger partial charge >= 0.3 is 0 Å². The molecule has 0 unspecified atom stereocenters. The molecule has 0 aliphatic heterocycles. The first kappa shape index (κ1) is 12.7. The van der Waals surface area contributed by atoms with Gasteiger partial charge in [-0.3, -0.25) is 0 Å². The van der Waals surface area contributed by atoms with Crippen molar-refractivity contribution in [3.63, 3.8) is 0 Å². The average molecular weight is 241 g/mol. The van der Waals surface area contributed by atoms with Gasteiger partial charge in [-0.2, -0.15) is 0 Å². The number of ether oxygens (including phenoxy) is 1. The maximum atomic E-state index is 5.93. The standard InChI is InChI=1S/C16H19NO/c1-11-5-7-15(8-13(11)3)18-16-9-14(10-17)6-4-12(16)2/h4-9H,10,17H2,1-3H3. The number of nitrogens with two attached hydrogens (primary N) is 1. The number of aryl methyl sites for hydroxylation is 3. The van der Waals surface area contributed by atoms with Gasteiger partial charge in [0.05, 0.1) is 0 Å². The first-order valence-corrected chi connectivity index (χ1v) is 6.15. The lowest BCUT2D eigenvalue weighted by Gasteiger charge is -2.11. The first-order valence-electron chi connectivity index (χ1n) is 6.15. The van der Waals surface area contributed by atoms with Gasteiger partial charge in [0.15, 0.2) is 0 Å². The van der Waals surface area contributed by atoms with Crippen molar-refractivity contribution in [1.29, 1.82) is 0 Å². The van der Waals surface area contributed by atoms with E-state index < -0.39 is 0 Å². The molecule has 0 saturated carbocycles. The van der Waals surface area contributed by atoms with Gasteiger partial charge in [0.2, 0.25) is 0 Å². The molecule has 2 aromatic carbocycles. The SMILES string of the molecule is Cc1ccc(Oc2cc(CN)ccc2C)cc1C. The molecule has 0 aliphatic carbocycles. The summed E-state index contributed by atoms with van der Waals surface area (Å²) in [4.78, 5) is 0. The molecule has 0 aromatic heterocycles. The Balaban J connectivity index is 2.30. The molecule has 2 nitrogen and oxygen atoms in total. The third kappa shape index (κ3) is 2.71. The summed E-state index contributed by atoms with van der Waals surface area (Å²) >= 11 is 0. The third-order valence-corrected chi connectivity index (χ3v) is 3.19. The summed E-state index contributed by atoms with van der Waals surface area (Å²) in [5, 5.41) is 0. The van der Waals surface area contributed by atoms with Crippen molar-refractivity contribution in [1.82, 2.24) is 0 Å².